The lowest BCUT2D eigenvalue weighted by Gasteiger charge is -2.39. The molecule has 1 saturated heterocycles. The summed E-state index contributed by atoms with van der Waals surface area (Å²) in [6.07, 6.45) is -0.414. The second-order valence-corrected chi connectivity index (χ2v) is 9.60. The van der Waals surface area contributed by atoms with Crippen LogP contribution in [0.4, 0.5) is 4.79 Å². The molecule has 0 aromatic heterocycles. The maximum atomic E-state index is 12.7. The number of hydrogen-bond donors (Lipinski definition) is 0. The van der Waals surface area contributed by atoms with E-state index >= 15 is 0 Å². The number of amides is 1. The molecule has 0 N–H and O–H groups in total. The molecule has 1 aliphatic heterocycles. The minimum Gasteiger partial charge on any atom is -0.444 e. The summed E-state index contributed by atoms with van der Waals surface area (Å²) < 4.78 is 32.2. The highest BCUT2D eigenvalue weighted by Crippen LogP contribution is 2.22. The number of ether oxygens (including phenoxy) is 1. The summed E-state index contributed by atoms with van der Waals surface area (Å²) in [6, 6.07) is 6.65. The first-order chi connectivity index (χ1) is 11.5. The molecule has 8 heteroatoms. The summed E-state index contributed by atoms with van der Waals surface area (Å²) in [5.41, 5.74) is -0.00393. The molecule has 1 fully saturated rings. The van der Waals surface area contributed by atoms with Gasteiger partial charge in [-0.05, 0) is 39.3 Å². The summed E-state index contributed by atoms with van der Waals surface area (Å²) in [5, 5.41) is 0.437. The standard InChI is InChI=1S/C17H25ClN2O4S/c1-13-11-19(9-10-20(13)16(21)24-17(2,3)4)25(22,23)12-14-7-5-6-8-15(14)18/h5-8,13H,9-12H2,1-4H3. The average Bonchev–Trinajstić information content (AvgIpc) is 2.47. The molecule has 1 aliphatic rings. The van der Waals surface area contributed by atoms with Crippen LogP contribution in [-0.4, -0.2) is 55.0 Å². The molecule has 2 rings (SSSR count). The van der Waals surface area contributed by atoms with Crippen molar-refractivity contribution in [2.24, 2.45) is 0 Å². The molecule has 1 heterocycles. The number of carbonyl (C=O) groups is 1. The van der Waals surface area contributed by atoms with E-state index in [0.717, 1.165) is 0 Å². The predicted molar refractivity (Wildman–Crippen MR) is 98.1 cm³/mol. The zero-order valence-corrected chi connectivity index (χ0v) is 16.6. The zero-order valence-electron chi connectivity index (χ0n) is 15.0. The van der Waals surface area contributed by atoms with Gasteiger partial charge in [0.1, 0.15) is 5.60 Å². The Bertz CT molecular complexity index is 730. The zero-order chi connectivity index (χ0) is 18.8. The van der Waals surface area contributed by atoms with Crippen LogP contribution in [0.5, 0.6) is 0 Å². The highest BCUT2D eigenvalue weighted by Gasteiger charge is 2.35. The minimum atomic E-state index is -3.51. The average molecular weight is 389 g/mol. The van der Waals surface area contributed by atoms with Crippen LogP contribution in [0, 0.1) is 0 Å². The highest BCUT2D eigenvalue weighted by atomic mass is 35.5. The predicted octanol–water partition coefficient (Wildman–Crippen LogP) is 3.11. The van der Waals surface area contributed by atoms with Gasteiger partial charge in [-0.2, -0.15) is 4.31 Å². The van der Waals surface area contributed by atoms with E-state index in [9.17, 15) is 13.2 Å². The number of nitrogens with zero attached hydrogens (tertiary/aromatic N) is 2. The Morgan fingerprint density at radius 3 is 2.48 bits per heavy atom. The second kappa shape index (κ2) is 7.51. The number of halogens is 1. The Labute approximate surface area is 154 Å². The van der Waals surface area contributed by atoms with E-state index in [0.29, 0.717) is 17.1 Å². The van der Waals surface area contributed by atoms with Crippen LogP contribution >= 0.6 is 11.6 Å². The van der Waals surface area contributed by atoms with Crippen LogP contribution in [0.25, 0.3) is 0 Å². The van der Waals surface area contributed by atoms with Gasteiger partial charge in [-0.15, -0.1) is 0 Å². The first-order valence-electron chi connectivity index (χ1n) is 8.20. The van der Waals surface area contributed by atoms with Gasteiger partial charge < -0.3 is 9.64 Å². The van der Waals surface area contributed by atoms with Crippen molar-refractivity contribution in [2.75, 3.05) is 19.6 Å². The molecule has 0 radical (unpaired) electrons. The van der Waals surface area contributed by atoms with Crippen molar-refractivity contribution in [2.45, 2.75) is 45.1 Å². The number of carbonyl (C=O) groups excluding carboxylic acids is 1. The smallest absolute Gasteiger partial charge is 0.410 e. The lowest BCUT2D eigenvalue weighted by molar-refractivity contribution is 0.00857. The van der Waals surface area contributed by atoms with Crippen molar-refractivity contribution in [3.05, 3.63) is 34.9 Å². The summed E-state index contributed by atoms with van der Waals surface area (Å²) in [4.78, 5) is 13.8. The Morgan fingerprint density at radius 1 is 1.28 bits per heavy atom. The number of rotatable bonds is 3. The van der Waals surface area contributed by atoms with Gasteiger partial charge in [0.05, 0.1) is 5.75 Å². The molecule has 140 valence electrons. The lowest BCUT2D eigenvalue weighted by Crippen LogP contribution is -2.56. The normalized spacial score (nSPS) is 19.7. The first kappa shape index (κ1) is 20.0. The van der Waals surface area contributed by atoms with Crippen molar-refractivity contribution >= 4 is 27.7 Å². The molecule has 6 nitrogen and oxygen atoms in total. The summed E-state index contributed by atoms with van der Waals surface area (Å²) in [5.74, 6) is -0.147. The fourth-order valence-electron chi connectivity index (χ4n) is 2.67. The van der Waals surface area contributed by atoms with Crippen molar-refractivity contribution in [1.29, 1.82) is 0 Å². The Morgan fingerprint density at radius 2 is 1.92 bits per heavy atom. The third-order valence-electron chi connectivity index (χ3n) is 3.91. The van der Waals surface area contributed by atoms with E-state index in [4.69, 9.17) is 16.3 Å². The van der Waals surface area contributed by atoms with Gasteiger partial charge in [0, 0.05) is 30.7 Å². The van der Waals surface area contributed by atoms with Gasteiger partial charge in [0.2, 0.25) is 10.0 Å². The minimum absolute atomic E-state index is 0.147. The van der Waals surface area contributed by atoms with Crippen LogP contribution in [0.1, 0.15) is 33.3 Å². The maximum absolute atomic E-state index is 12.7. The van der Waals surface area contributed by atoms with Crippen LogP contribution in [0.3, 0.4) is 0 Å². The number of piperazine rings is 1. The van der Waals surface area contributed by atoms with Crippen molar-refractivity contribution in [3.63, 3.8) is 0 Å². The Kier molecular flexibility index (Phi) is 6.01. The van der Waals surface area contributed by atoms with Crippen LogP contribution in [0.15, 0.2) is 24.3 Å². The first-order valence-corrected chi connectivity index (χ1v) is 10.2. The molecular weight excluding hydrogens is 364 g/mol. The van der Waals surface area contributed by atoms with E-state index < -0.39 is 21.7 Å². The van der Waals surface area contributed by atoms with Gasteiger partial charge in [0.25, 0.3) is 0 Å². The topological polar surface area (TPSA) is 66.9 Å². The summed E-state index contributed by atoms with van der Waals surface area (Å²) in [6.45, 7) is 8.03. The molecule has 0 saturated carbocycles. The molecule has 1 unspecified atom stereocenters. The van der Waals surface area contributed by atoms with Crippen molar-refractivity contribution < 1.29 is 17.9 Å². The van der Waals surface area contributed by atoms with E-state index in [2.05, 4.69) is 0 Å². The summed E-state index contributed by atoms with van der Waals surface area (Å²) in [7, 11) is -3.51. The maximum Gasteiger partial charge on any atom is 0.410 e. The van der Waals surface area contributed by atoms with E-state index in [-0.39, 0.29) is 24.9 Å². The molecule has 25 heavy (non-hydrogen) atoms. The third kappa shape index (κ3) is 5.33. The second-order valence-electron chi connectivity index (χ2n) is 7.23. The fourth-order valence-corrected chi connectivity index (χ4v) is 4.58. The van der Waals surface area contributed by atoms with Crippen LogP contribution in [0.2, 0.25) is 5.02 Å². The Balaban J connectivity index is 2.04. The number of benzene rings is 1. The molecular formula is C17H25ClN2O4S. The lowest BCUT2D eigenvalue weighted by atomic mass is 10.2. The van der Waals surface area contributed by atoms with Gasteiger partial charge >= 0.3 is 6.09 Å². The van der Waals surface area contributed by atoms with Gasteiger partial charge in [0.15, 0.2) is 0 Å². The number of sulfonamides is 1. The van der Waals surface area contributed by atoms with Gasteiger partial charge in [-0.1, -0.05) is 29.8 Å². The van der Waals surface area contributed by atoms with Crippen LogP contribution < -0.4 is 0 Å². The molecule has 1 aromatic carbocycles. The Hall–Kier alpha value is -1.31. The highest BCUT2D eigenvalue weighted by molar-refractivity contribution is 7.88. The molecule has 0 bridgehead atoms. The van der Waals surface area contributed by atoms with Crippen molar-refractivity contribution in [3.8, 4) is 0 Å². The van der Waals surface area contributed by atoms with Gasteiger partial charge in [-0.3, -0.25) is 0 Å². The monoisotopic (exact) mass is 388 g/mol. The van der Waals surface area contributed by atoms with E-state index in [1.807, 2.05) is 6.92 Å². The van der Waals surface area contributed by atoms with E-state index in [1.54, 1.807) is 49.9 Å². The quantitative estimate of drug-likeness (QED) is 0.797. The largest absolute Gasteiger partial charge is 0.444 e. The van der Waals surface area contributed by atoms with Crippen LogP contribution in [-0.2, 0) is 20.5 Å². The summed E-state index contributed by atoms with van der Waals surface area (Å²) >= 11 is 6.07. The fraction of sp³-hybridized carbons (Fsp3) is 0.588. The van der Waals surface area contributed by atoms with Gasteiger partial charge in [-0.25, -0.2) is 13.2 Å². The van der Waals surface area contributed by atoms with E-state index in [1.165, 1.54) is 4.31 Å². The number of hydrogen-bond acceptors (Lipinski definition) is 4. The molecule has 1 amide bonds. The van der Waals surface area contributed by atoms with Crippen molar-refractivity contribution in [1.82, 2.24) is 9.21 Å². The molecule has 1 atom stereocenters. The third-order valence-corrected chi connectivity index (χ3v) is 6.07. The molecule has 1 aromatic rings. The molecule has 0 spiro atoms. The SMILES string of the molecule is CC1CN(S(=O)(=O)Cc2ccccc2Cl)CCN1C(=O)OC(C)(C)C. The molecule has 0 aliphatic carbocycles.